The van der Waals surface area contributed by atoms with Gasteiger partial charge in [0.25, 0.3) is 5.91 Å². The minimum atomic E-state index is -0.521. The van der Waals surface area contributed by atoms with Crippen molar-refractivity contribution in [3.05, 3.63) is 59.4 Å². The number of carbonyl (C=O) groups is 2. The quantitative estimate of drug-likeness (QED) is 0.729. The highest BCUT2D eigenvalue weighted by atomic mass is 19.1. The Kier molecular flexibility index (Phi) is 7.27. The zero-order valence-corrected chi connectivity index (χ0v) is 17.4. The molecule has 1 aliphatic heterocycles. The van der Waals surface area contributed by atoms with Crippen molar-refractivity contribution in [1.82, 2.24) is 9.80 Å². The first-order valence-corrected chi connectivity index (χ1v) is 10.1. The van der Waals surface area contributed by atoms with Crippen molar-refractivity contribution in [1.29, 1.82) is 0 Å². The summed E-state index contributed by atoms with van der Waals surface area (Å²) in [4.78, 5) is 28.8. The van der Waals surface area contributed by atoms with Gasteiger partial charge in [0.15, 0.2) is 0 Å². The molecule has 1 fully saturated rings. The largest absolute Gasteiger partial charge is 0.497 e. The summed E-state index contributed by atoms with van der Waals surface area (Å²) in [5, 5.41) is 0. The number of aryl methyl sites for hydroxylation is 1. The lowest BCUT2D eigenvalue weighted by Crippen LogP contribution is -2.37. The first kappa shape index (κ1) is 21.6. The Morgan fingerprint density at radius 3 is 2.43 bits per heavy atom. The number of rotatable bonds is 6. The summed E-state index contributed by atoms with van der Waals surface area (Å²) in [5.41, 5.74) is 0.985. The zero-order valence-electron chi connectivity index (χ0n) is 17.4. The van der Waals surface area contributed by atoms with E-state index >= 15 is 0 Å². The molecule has 160 valence electrons. The smallest absolute Gasteiger partial charge is 0.256 e. The van der Waals surface area contributed by atoms with Gasteiger partial charge < -0.3 is 19.3 Å². The van der Waals surface area contributed by atoms with Crippen LogP contribution in [0.3, 0.4) is 0 Å². The molecule has 2 aromatic rings. The van der Waals surface area contributed by atoms with E-state index in [2.05, 4.69) is 0 Å². The molecule has 0 bridgehead atoms. The van der Waals surface area contributed by atoms with Crippen molar-refractivity contribution in [3.8, 4) is 11.5 Å². The van der Waals surface area contributed by atoms with Crippen molar-refractivity contribution in [2.45, 2.75) is 19.3 Å². The third-order valence-corrected chi connectivity index (χ3v) is 5.34. The Labute approximate surface area is 176 Å². The molecule has 2 aromatic carbocycles. The van der Waals surface area contributed by atoms with Gasteiger partial charge >= 0.3 is 0 Å². The molecule has 30 heavy (non-hydrogen) atoms. The summed E-state index contributed by atoms with van der Waals surface area (Å²) < 4.78 is 24.6. The maximum absolute atomic E-state index is 13.9. The highest BCUT2D eigenvalue weighted by Gasteiger charge is 2.24. The zero-order chi connectivity index (χ0) is 21.5. The normalized spacial score (nSPS) is 14.2. The summed E-state index contributed by atoms with van der Waals surface area (Å²) >= 11 is 0. The van der Waals surface area contributed by atoms with Crippen LogP contribution in [0.25, 0.3) is 0 Å². The second-order valence-corrected chi connectivity index (χ2v) is 7.18. The van der Waals surface area contributed by atoms with E-state index < -0.39 is 5.82 Å². The Balaban J connectivity index is 1.58. The van der Waals surface area contributed by atoms with Gasteiger partial charge in [0, 0.05) is 32.6 Å². The van der Waals surface area contributed by atoms with Crippen molar-refractivity contribution < 1.29 is 23.5 Å². The molecule has 0 unspecified atom stereocenters. The van der Waals surface area contributed by atoms with E-state index in [0.717, 1.165) is 17.1 Å². The molecule has 0 atom stereocenters. The van der Waals surface area contributed by atoms with Crippen LogP contribution in [0.1, 0.15) is 28.8 Å². The average Bonchev–Trinajstić information content (AvgIpc) is 3.03. The molecule has 6 nitrogen and oxygen atoms in total. The van der Waals surface area contributed by atoms with Gasteiger partial charge in [-0.3, -0.25) is 9.59 Å². The van der Waals surface area contributed by atoms with Gasteiger partial charge in [0.1, 0.15) is 17.3 Å². The van der Waals surface area contributed by atoms with Gasteiger partial charge in [0.2, 0.25) is 5.91 Å². The van der Waals surface area contributed by atoms with Crippen LogP contribution in [0.15, 0.2) is 42.5 Å². The van der Waals surface area contributed by atoms with Crippen LogP contribution in [0.4, 0.5) is 4.39 Å². The van der Waals surface area contributed by atoms with Crippen molar-refractivity contribution in [3.63, 3.8) is 0 Å². The second-order valence-electron chi connectivity index (χ2n) is 7.18. The predicted octanol–water partition coefficient (Wildman–Crippen LogP) is 3.15. The SMILES string of the molecule is COc1ccc(OC)c(CCC(=O)N2CCCN(C(=O)c3ccccc3F)CC2)c1. The molecule has 2 amide bonds. The molecule has 0 saturated carbocycles. The summed E-state index contributed by atoms with van der Waals surface area (Å²) in [6, 6.07) is 11.5. The van der Waals surface area contributed by atoms with Crippen LogP contribution in [0.5, 0.6) is 11.5 Å². The van der Waals surface area contributed by atoms with Crippen LogP contribution in [-0.4, -0.2) is 62.0 Å². The Morgan fingerprint density at radius 2 is 1.70 bits per heavy atom. The van der Waals surface area contributed by atoms with E-state index in [0.29, 0.717) is 45.4 Å². The first-order valence-electron chi connectivity index (χ1n) is 10.1. The molecule has 0 N–H and O–H groups in total. The molecule has 0 spiro atoms. The van der Waals surface area contributed by atoms with Gasteiger partial charge in [-0.25, -0.2) is 4.39 Å². The number of carbonyl (C=O) groups excluding carboxylic acids is 2. The van der Waals surface area contributed by atoms with Crippen molar-refractivity contribution in [2.75, 3.05) is 40.4 Å². The fourth-order valence-corrected chi connectivity index (χ4v) is 3.65. The number of hydrogen-bond donors (Lipinski definition) is 0. The molecular formula is C23H27FN2O4. The maximum Gasteiger partial charge on any atom is 0.256 e. The van der Waals surface area contributed by atoms with Gasteiger partial charge in [-0.05, 0) is 48.7 Å². The lowest BCUT2D eigenvalue weighted by Gasteiger charge is -2.22. The molecule has 1 aliphatic rings. The highest BCUT2D eigenvalue weighted by Crippen LogP contribution is 2.25. The van der Waals surface area contributed by atoms with E-state index in [1.165, 1.54) is 12.1 Å². The highest BCUT2D eigenvalue weighted by molar-refractivity contribution is 5.94. The Hall–Kier alpha value is -3.09. The number of amides is 2. The Morgan fingerprint density at radius 1 is 0.967 bits per heavy atom. The van der Waals surface area contributed by atoms with Crippen LogP contribution in [0, 0.1) is 5.82 Å². The lowest BCUT2D eigenvalue weighted by molar-refractivity contribution is -0.131. The summed E-state index contributed by atoms with van der Waals surface area (Å²) in [6.45, 7) is 1.91. The molecular weight excluding hydrogens is 387 g/mol. The van der Waals surface area contributed by atoms with Gasteiger partial charge in [-0.15, -0.1) is 0 Å². The molecule has 7 heteroatoms. The van der Waals surface area contributed by atoms with Crippen LogP contribution < -0.4 is 9.47 Å². The standard InChI is InChI=1S/C23H27FN2O4/c1-29-18-9-10-21(30-2)17(16-18)8-11-22(27)25-12-5-13-26(15-14-25)23(28)19-6-3-4-7-20(19)24/h3-4,6-7,9-10,16H,5,8,11-15H2,1-2H3. The molecule has 1 heterocycles. The monoisotopic (exact) mass is 414 g/mol. The fourth-order valence-electron chi connectivity index (χ4n) is 3.65. The number of ether oxygens (including phenoxy) is 2. The number of methoxy groups -OCH3 is 2. The lowest BCUT2D eigenvalue weighted by atomic mass is 10.1. The van der Waals surface area contributed by atoms with Gasteiger partial charge in [-0.2, -0.15) is 0 Å². The molecule has 0 radical (unpaired) electrons. The fraction of sp³-hybridized carbons (Fsp3) is 0.391. The van der Waals surface area contributed by atoms with E-state index in [-0.39, 0.29) is 17.4 Å². The molecule has 1 saturated heterocycles. The third-order valence-electron chi connectivity index (χ3n) is 5.34. The summed E-state index contributed by atoms with van der Waals surface area (Å²) in [7, 11) is 3.20. The number of nitrogens with zero attached hydrogens (tertiary/aromatic N) is 2. The molecule has 0 aliphatic carbocycles. The second kappa shape index (κ2) is 10.1. The van der Waals surface area contributed by atoms with Crippen LogP contribution >= 0.6 is 0 Å². The average molecular weight is 414 g/mol. The third kappa shape index (κ3) is 5.09. The number of benzene rings is 2. The van der Waals surface area contributed by atoms with E-state index in [9.17, 15) is 14.0 Å². The van der Waals surface area contributed by atoms with Crippen LogP contribution in [-0.2, 0) is 11.2 Å². The van der Waals surface area contributed by atoms with E-state index in [1.54, 1.807) is 36.2 Å². The first-order chi connectivity index (χ1) is 14.5. The van der Waals surface area contributed by atoms with Gasteiger partial charge in [0.05, 0.1) is 19.8 Å². The maximum atomic E-state index is 13.9. The van der Waals surface area contributed by atoms with Gasteiger partial charge in [-0.1, -0.05) is 12.1 Å². The van der Waals surface area contributed by atoms with Crippen LogP contribution in [0.2, 0.25) is 0 Å². The Bertz CT molecular complexity index is 903. The van der Waals surface area contributed by atoms with Crippen molar-refractivity contribution >= 4 is 11.8 Å². The van der Waals surface area contributed by atoms with E-state index in [1.807, 2.05) is 18.2 Å². The minimum Gasteiger partial charge on any atom is -0.497 e. The molecule has 0 aromatic heterocycles. The summed E-state index contributed by atoms with van der Waals surface area (Å²) in [5.74, 6) is 0.618. The van der Waals surface area contributed by atoms with E-state index in [4.69, 9.17) is 9.47 Å². The number of hydrogen-bond acceptors (Lipinski definition) is 4. The summed E-state index contributed by atoms with van der Waals surface area (Å²) in [6.07, 6.45) is 1.53. The number of halogens is 1. The predicted molar refractivity (Wildman–Crippen MR) is 111 cm³/mol. The topological polar surface area (TPSA) is 59.1 Å². The minimum absolute atomic E-state index is 0.0278. The van der Waals surface area contributed by atoms with Crippen molar-refractivity contribution in [2.24, 2.45) is 0 Å². The molecule has 3 rings (SSSR count).